The third-order valence-electron chi connectivity index (χ3n) is 2.39. The molecule has 1 aromatic rings. The SMILES string of the molecule is NCCCCCc1ccc(F)cc1[N+](=O)[O-]. The van der Waals surface area contributed by atoms with Crippen LogP contribution >= 0.6 is 0 Å². The van der Waals surface area contributed by atoms with Gasteiger partial charge in [0, 0.05) is 5.56 Å². The van der Waals surface area contributed by atoms with Gasteiger partial charge >= 0.3 is 0 Å². The first-order chi connectivity index (χ1) is 7.65. The van der Waals surface area contributed by atoms with Gasteiger partial charge in [-0.05, 0) is 37.9 Å². The second-order valence-electron chi connectivity index (χ2n) is 3.63. The number of rotatable bonds is 6. The Hall–Kier alpha value is -1.49. The van der Waals surface area contributed by atoms with Crippen LogP contribution in [0, 0.1) is 15.9 Å². The quantitative estimate of drug-likeness (QED) is 0.460. The first kappa shape index (κ1) is 12.6. The smallest absolute Gasteiger partial charge is 0.275 e. The summed E-state index contributed by atoms with van der Waals surface area (Å²) >= 11 is 0. The van der Waals surface area contributed by atoms with Gasteiger partial charge in [-0.15, -0.1) is 0 Å². The Morgan fingerprint density at radius 2 is 2.06 bits per heavy atom. The number of aryl methyl sites for hydroxylation is 1. The van der Waals surface area contributed by atoms with Gasteiger partial charge in [-0.2, -0.15) is 0 Å². The van der Waals surface area contributed by atoms with Gasteiger partial charge in [0.1, 0.15) is 5.82 Å². The summed E-state index contributed by atoms with van der Waals surface area (Å²) in [5, 5.41) is 10.7. The molecule has 1 rings (SSSR count). The van der Waals surface area contributed by atoms with E-state index in [-0.39, 0.29) is 5.69 Å². The number of benzene rings is 1. The molecule has 0 saturated heterocycles. The number of nitro groups is 1. The van der Waals surface area contributed by atoms with Crippen molar-refractivity contribution in [3.8, 4) is 0 Å². The average molecular weight is 226 g/mol. The Bertz CT molecular complexity index is 369. The van der Waals surface area contributed by atoms with Crippen molar-refractivity contribution in [1.82, 2.24) is 0 Å². The van der Waals surface area contributed by atoms with Gasteiger partial charge in [-0.1, -0.05) is 6.42 Å². The minimum atomic E-state index is -0.572. The van der Waals surface area contributed by atoms with Crippen molar-refractivity contribution >= 4 is 5.69 Å². The molecule has 16 heavy (non-hydrogen) atoms. The molecule has 2 N–H and O–H groups in total. The van der Waals surface area contributed by atoms with Crippen molar-refractivity contribution in [3.63, 3.8) is 0 Å². The lowest BCUT2D eigenvalue weighted by atomic mass is 10.1. The van der Waals surface area contributed by atoms with Crippen LogP contribution in [0.25, 0.3) is 0 Å². The highest BCUT2D eigenvalue weighted by molar-refractivity contribution is 5.40. The fourth-order valence-electron chi connectivity index (χ4n) is 1.55. The van der Waals surface area contributed by atoms with Crippen LogP contribution in [0.15, 0.2) is 18.2 Å². The van der Waals surface area contributed by atoms with Crippen molar-refractivity contribution < 1.29 is 9.31 Å². The van der Waals surface area contributed by atoms with Gasteiger partial charge in [-0.25, -0.2) is 4.39 Å². The maximum atomic E-state index is 12.8. The summed E-state index contributed by atoms with van der Waals surface area (Å²) < 4.78 is 12.8. The van der Waals surface area contributed by atoms with Crippen LogP contribution in [0.2, 0.25) is 0 Å². The molecule has 0 radical (unpaired) electrons. The Morgan fingerprint density at radius 1 is 1.31 bits per heavy atom. The summed E-state index contributed by atoms with van der Waals surface area (Å²) in [4.78, 5) is 10.1. The van der Waals surface area contributed by atoms with E-state index in [1.54, 1.807) is 0 Å². The molecule has 0 fully saturated rings. The molecule has 0 heterocycles. The minimum Gasteiger partial charge on any atom is -0.330 e. The van der Waals surface area contributed by atoms with Crippen molar-refractivity contribution in [2.24, 2.45) is 5.73 Å². The van der Waals surface area contributed by atoms with E-state index in [2.05, 4.69) is 0 Å². The summed E-state index contributed by atoms with van der Waals surface area (Å²) in [5.41, 5.74) is 5.80. The molecular formula is C11H15FN2O2. The fraction of sp³-hybridized carbons (Fsp3) is 0.455. The zero-order valence-corrected chi connectivity index (χ0v) is 8.99. The number of hydrogen-bond donors (Lipinski definition) is 1. The van der Waals surface area contributed by atoms with E-state index in [0.717, 1.165) is 25.3 Å². The highest BCUT2D eigenvalue weighted by atomic mass is 19.1. The summed E-state index contributed by atoms with van der Waals surface area (Å²) in [6.45, 7) is 0.630. The first-order valence-corrected chi connectivity index (χ1v) is 5.28. The van der Waals surface area contributed by atoms with Gasteiger partial charge in [0.15, 0.2) is 0 Å². The molecule has 0 aliphatic heterocycles. The van der Waals surface area contributed by atoms with Crippen molar-refractivity contribution in [1.29, 1.82) is 0 Å². The largest absolute Gasteiger partial charge is 0.330 e. The van der Waals surface area contributed by atoms with Crippen molar-refractivity contribution in [2.75, 3.05) is 6.54 Å². The Morgan fingerprint density at radius 3 is 2.69 bits per heavy atom. The summed E-state index contributed by atoms with van der Waals surface area (Å²) in [6, 6.07) is 3.71. The van der Waals surface area contributed by atoms with Gasteiger partial charge in [0.2, 0.25) is 0 Å². The predicted octanol–water partition coefficient (Wildman–Crippen LogP) is 2.41. The van der Waals surface area contributed by atoms with Gasteiger partial charge < -0.3 is 5.73 Å². The lowest BCUT2D eigenvalue weighted by Gasteiger charge is -2.02. The van der Waals surface area contributed by atoms with Gasteiger partial charge in [-0.3, -0.25) is 10.1 Å². The first-order valence-electron chi connectivity index (χ1n) is 5.28. The number of nitrogens with zero attached hydrogens (tertiary/aromatic N) is 1. The normalized spacial score (nSPS) is 10.4. The van der Waals surface area contributed by atoms with Crippen LogP contribution in [-0.4, -0.2) is 11.5 Å². The number of nitro benzene ring substituents is 1. The molecule has 0 aliphatic rings. The number of unbranched alkanes of at least 4 members (excludes halogenated alkanes) is 2. The van der Waals surface area contributed by atoms with Crippen molar-refractivity contribution in [3.05, 3.63) is 39.7 Å². The maximum Gasteiger partial charge on any atom is 0.275 e. The van der Waals surface area contributed by atoms with E-state index in [0.29, 0.717) is 18.5 Å². The highest BCUT2D eigenvalue weighted by Crippen LogP contribution is 2.21. The molecule has 0 unspecified atom stereocenters. The van der Waals surface area contributed by atoms with Crippen molar-refractivity contribution in [2.45, 2.75) is 25.7 Å². The van der Waals surface area contributed by atoms with E-state index >= 15 is 0 Å². The predicted molar refractivity (Wildman–Crippen MR) is 59.7 cm³/mol. The van der Waals surface area contributed by atoms with E-state index in [1.807, 2.05) is 0 Å². The van der Waals surface area contributed by atoms with Crippen LogP contribution in [0.3, 0.4) is 0 Å². The number of hydrogen-bond acceptors (Lipinski definition) is 3. The lowest BCUT2D eigenvalue weighted by Crippen LogP contribution is -2.00. The topological polar surface area (TPSA) is 69.2 Å². The Labute approximate surface area is 93.4 Å². The molecule has 88 valence electrons. The number of nitrogens with two attached hydrogens (primary N) is 1. The second-order valence-corrected chi connectivity index (χ2v) is 3.63. The second kappa shape index (κ2) is 6.17. The zero-order valence-electron chi connectivity index (χ0n) is 8.99. The molecular weight excluding hydrogens is 211 g/mol. The maximum absolute atomic E-state index is 12.8. The standard InChI is InChI=1S/C11H15FN2O2/c12-10-6-5-9(4-2-1-3-7-13)11(8-10)14(15)16/h5-6,8H,1-4,7,13H2. The molecule has 4 nitrogen and oxygen atoms in total. The van der Waals surface area contributed by atoms with E-state index in [1.165, 1.54) is 12.1 Å². The van der Waals surface area contributed by atoms with Crippen LogP contribution in [0.4, 0.5) is 10.1 Å². The van der Waals surface area contributed by atoms with Crippen LogP contribution in [0.5, 0.6) is 0 Å². The van der Waals surface area contributed by atoms with E-state index < -0.39 is 10.7 Å². The van der Waals surface area contributed by atoms with Crippen LogP contribution in [0.1, 0.15) is 24.8 Å². The third kappa shape index (κ3) is 3.58. The van der Waals surface area contributed by atoms with Gasteiger partial charge in [0.05, 0.1) is 11.0 Å². The van der Waals surface area contributed by atoms with E-state index in [4.69, 9.17) is 5.73 Å². The lowest BCUT2D eigenvalue weighted by molar-refractivity contribution is -0.385. The van der Waals surface area contributed by atoms with Crippen LogP contribution < -0.4 is 5.73 Å². The molecule has 0 aromatic heterocycles. The third-order valence-corrected chi connectivity index (χ3v) is 2.39. The molecule has 0 amide bonds. The zero-order chi connectivity index (χ0) is 12.0. The highest BCUT2D eigenvalue weighted by Gasteiger charge is 2.13. The molecule has 0 aliphatic carbocycles. The summed E-state index contributed by atoms with van der Waals surface area (Å²) in [6.07, 6.45) is 3.28. The monoisotopic (exact) mass is 226 g/mol. The van der Waals surface area contributed by atoms with Gasteiger partial charge in [0.25, 0.3) is 5.69 Å². The molecule has 0 atom stereocenters. The molecule has 1 aromatic carbocycles. The van der Waals surface area contributed by atoms with Crippen LogP contribution in [-0.2, 0) is 6.42 Å². The Balaban J connectivity index is 2.67. The molecule has 0 spiro atoms. The fourth-order valence-corrected chi connectivity index (χ4v) is 1.55. The minimum absolute atomic E-state index is 0.132. The summed E-state index contributed by atoms with van der Waals surface area (Å²) in [5.74, 6) is -0.572. The summed E-state index contributed by atoms with van der Waals surface area (Å²) in [7, 11) is 0. The Kier molecular flexibility index (Phi) is 4.85. The van der Waals surface area contributed by atoms with E-state index in [9.17, 15) is 14.5 Å². The number of halogens is 1. The molecule has 0 saturated carbocycles. The average Bonchev–Trinajstić information content (AvgIpc) is 2.26. The molecule has 5 heteroatoms. The molecule has 0 bridgehead atoms.